The van der Waals surface area contributed by atoms with Crippen molar-refractivity contribution in [2.75, 3.05) is 0 Å². The average Bonchev–Trinajstić information content (AvgIpc) is 2.53. The van der Waals surface area contributed by atoms with Gasteiger partial charge in [0.1, 0.15) is 11.1 Å². The Hall–Kier alpha value is -2.72. The van der Waals surface area contributed by atoms with E-state index in [0.29, 0.717) is 22.1 Å². The molecule has 0 aliphatic heterocycles. The van der Waals surface area contributed by atoms with Crippen LogP contribution in [0.1, 0.15) is 21.5 Å². The Kier molecular flexibility index (Phi) is 3.38. The molecule has 1 aromatic heterocycles. The van der Waals surface area contributed by atoms with Crippen molar-refractivity contribution < 1.29 is 14.3 Å². The van der Waals surface area contributed by atoms with E-state index in [9.17, 15) is 9.59 Å². The fourth-order valence-electron chi connectivity index (χ4n) is 2.16. The minimum Gasteiger partial charge on any atom is -0.422 e. The Morgan fingerprint density at radius 2 is 1.81 bits per heavy atom. The fraction of sp³-hybridized carbons (Fsp3) is 0.0588. The number of carbonyl (C=O) groups is 1. The van der Waals surface area contributed by atoms with Crippen LogP contribution in [0.5, 0.6) is 0 Å². The van der Waals surface area contributed by atoms with Gasteiger partial charge in [-0.05, 0) is 17.7 Å². The number of benzene rings is 2. The molecule has 3 aromatic rings. The maximum Gasteiger partial charge on any atom is 0.347 e. The van der Waals surface area contributed by atoms with Gasteiger partial charge in [-0.3, -0.25) is 4.79 Å². The molecule has 0 unspecified atom stereocenters. The molecule has 0 amide bonds. The highest BCUT2D eigenvalue weighted by atomic mass is 16.4. The predicted molar refractivity (Wildman–Crippen MR) is 78.3 cm³/mol. The van der Waals surface area contributed by atoms with Crippen LogP contribution in [0.4, 0.5) is 0 Å². The standard InChI is InChI=1S/C17H12O4/c18-10-11-6-7-13-9-14(17(20)21-15(13)8-11)16(19)12-4-2-1-3-5-12/h1-9,18H,10H2. The van der Waals surface area contributed by atoms with Crippen LogP contribution in [0.3, 0.4) is 0 Å². The maximum absolute atomic E-state index is 12.3. The predicted octanol–water partition coefficient (Wildman–Crippen LogP) is 2.52. The molecular weight excluding hydrogens is 268 g/mol. The Morgan fingerprint density at radius 1 is 1.05 bits per heavy atom. The summed E-state index contributed by atoms with van der Waals surface area (Å²) in [4.78, 5) is 24.3. The van der Waals surface area contributed by atoms with Gasteiger partial charge in [0.2, 0.25) is 0 Å². The van der Waals surface area contributed by atoms with Crippen molar-refractivity contribution in [3.63, 3.8) is 0 Å². The Balaban J connectivity index is 2.14. The van der Waals surface area contributed by atoms with Gasteiger partial charge in [0.15, 0.2) is 5.78 Å². The zero-order valence-corrected chi connectivity index (χ0v) is 11.1. The third-order valence-corrected chi connectivity index (χ3v) is 3.26. The number of hydrogen-bond donors (Lipinski definition) is 1. The number of hydrogen-bond acceptors (Lipinski definition) is 4. The third kappa shape index (κ3) is 2.49. The molecule has 0 saturated heterocycles. The average molecular weight is 280 g/mol. The van der Waals surface area contributed by atoms with Gasteiger partial charge in [-0.25, -0.2) is 4.79 Å². The monoisotopic (exact) mass is 280 g/mol. The van der Waals surface area contributed by atoms with Crippen LogP contribution in [-0.2, 0) is 6.61 Å². The molecule has 0 fully saturated rings. The molecule has 104 valence electrons. The molecule has 0 aliphatic rings. The first-order valence-electron chi connectivity index (χ1n) is 6.46. The highest BCUT2D eigenvalue weighted by Gasteiger charge is 2.15. The molecule has 21 heavy (non-hydrogen) atoms. The quantitative estimate of drug-likeness (QED) is 0.591. The van der Waals surface area contributed by atoms with Crippen molar-refractivity contribution in [3.8, 4) is 0 Å². The number of rotatable bonds is 3. The summed E-state index contributed by atoms with van der Waals surface area (Å²) in [5, 5.41) is 9.73. The molecule has 1 N–H and O–H groups in total. The number of carbonyl (C=O) groups excluding carboxylic acids is 1. The summed E-state index contributed by atoms with van der Waals surface area (Å²) in [7, 11) is 0. The van der Waals surface area contributed by atoms with Gasteiger partial charge in [-0.1, -0.05) is 42.5 Å². The van der Waals surface area contributed by atoms with Crippen molar-refractivity contribution in [1.29, 1.82) is 0 Å². The highest BCUT2D eigenvalue weighted by Crippen LogP contribution is 2.17. The molecule has 0 radical (unpaired) electrons. The lowest BCUT2D eigenvalue weighted by Gasteiger charge is -2.03. The summed E-state index contributed by atoms with van der Waals surface area (Å²) < 4.78 is 5.19. The first kappa shape index (κ1) is 13.3. The SMILES string of the molecule is O=C(c1ccccc1)c1cc2ccc(CO)cc2oc1=O. The molecule has 0 bridgehead atoms. The minimum absolute atomic E-state index is 0.00504. The number of aliphatic hydroxyl groups is 1. The van der Waals surface area contributed by atoms with Gasteiger partial charge >= 0.3 is 5.63 Å². The van der Waals surface area contributed by atoms with Crippen LogP contribution in [0.2, 0.25) is 0 Å². The largest absolute Gasteiger partial charge is 0.422 e. The summed E-state index contributed by atoms with van der Waals surface area (Å²) in [6.45, 7) is -0.135. The maximum atomic E-state index is 12.3. The van der Waals surface area contributed by atoms with E-state index in [1.54, 1.807) is 48.5 Å². The van der Waals surface area contributed by atoms with Crippen molar-refractivity contribution in [2.24, 2.45) is 0 Å². The van der Waals surface area contributed by atoms with Gasteiger partial charge in [0.05, 0.1) is 6.61 Å². The highest BCUT2D eigenvalue weighted by molar-refractivity contribution is 6.09. The second kappa shape index (κ2) is 5.34. The lowest BCUT2D eigenvalue weighted by molar-refractivity contribution is 0.103. The van der Waals surface area contributed by atoms with Crippen LogP contribution in [0.15, 0.2) is 63.8 Å². The topological polar surface area (TPSA) is 67.5 Å². The molecule has 0 aliphatic carbocycles. The van der Waals surface area contributed by atoms with Crippen LogP contribution in [0.25, 0.3) is 11.0 Å². The summed E-state index contributed by atoms with van der Waals surface area (Å²) in [6.07, 6.45) is 0. The van der Waals surface area contributed by atoms with Gasteiger partial charge < -0.3 is 9.52 Å². The zero-order valence-electron chi connectivity index (χ0n) is 11.1. The lowest BCUT2D eigenvalue weighted by atomic mass is 10.0. The molecule has 4 nitrogen and oxygen atoms in total. The Labute approximate surface area is 120 Å². The Morgan fingerprint density at radius 3 is 2.52 bits per heavy atom. The van der Waals surface area contributed by atoms with Crippen molar-refractivity contribution in [3.05, 3.63) is 81.7 Å². The molecular formula is C17H12O4. The summed E-state index contributed by atoms with van der Waals surface area (Å²) >= 11 is 0. The number of ketones is 1. The van der Waals surface area contributed by atoms with Crippen LogP contribution >= 0.6 is 0 Å². The summed E-state index contributed by atoms with van der Waals surface area (Å²) in [5.74, 6) is -0.363. The van der Waals surface area contributed by atoms with E-state index in [4.69, 9.17) is 9.52 Å². The van der Waals surface area contributed by atoms with Gasteiger partial charge in [-0.2, -0.15) is 0 Å². The summed E-state index contributed by atoms with van der Waals surface area (Å²) in [5.41, 5.74) is 0.775. The van der Waals surface area contributed by atoms with Crippen LogP contribution in [0, 0.1) is 0 Å². The molecule has 0 saturated carbocycles. The van der Waals surface area contributed by atoms with E-state index in [1.165, 1.54) is 6.07 Å². The normalized spacial score (nSPS) is 10.7. The smallest absolute Gasteiger partial charge is 0.347 e. The second-order valence-electron chi connectivity index (χ2n) is 4.67. The molecule has 2 aromatic carbocycles. The van der Waals surface area contributed by atoms with Crippen LogP contribution in [-0.4, -0.2) is 10.9 Å². The van der Waals surface area contributed by atoms with E-state index < -0.39 is 5.63 Å². The van der Waals surface area contributed by atoms with Crippen LogP contribution < -0.4 is 5.63 Å². The molecule has 3 rings (SSSR count). The molecule has 4 heteroatoms. The summed E-state index contributed by atoms with van der Waals surface area (Å²) in [6, 6.07) is 15.1. The van der Waals surface area contributed by atoms with Gasteiger partial charge in [-0.15, -0.1) is 0 Å². The molecule has 0 spiro atoms. The first-order chi connectivity index (χ1) is 10.2. The second-order valence-corrected chi connectivity index (χ2v) is 4.67. The third-order valence-electron chi connectivity index (χ3n) is 3.26. The van der Waals surface area contributed by atoms with Crippen molar-refractivity contribution >= 4 is 16.8 Å². The van der Waals surface area contributed by atoms with Crippen molar-refractivity contribution in [2.45, 2.75) is 6.61 Å². The number of fused-ring (bicyclic) bond motifs is 1. The van der Waals surface area contributed by atoms with Gasteiger partial charge in [0.25, 0.3) is 0 Å². The lowest BCUT2D eigenvalue weighted by Crippen LogP contribution is -2.14. The number of aliphatic hydroxyl groups excluding tert-OH is 1. The zero-order chi connectivity index (χ0) is 14.8. The van der Waals surface area contributed by atoms with Gasteiger partial charge in [0, 0.05) is 10.9 Å². The van der Waals surface area contributed by atoms with E-state index in [-0.39, 0.29) is 18.0 Å². The minimum atomic E-state index is -0.675. The molecule has 1 heterocycles. The van der Waals surface area contributed by atoms with E-state index in [1.807, 2.05) is 0 Å². The van der Waals surface area contributed by atoms with E-state index >= 15 is 0 Å². The van der Waals surface area contributed by atoms with E-state index in [0.717, 1.165) is 0 Å². The Bertz CT molecular complexity index is 863. The van der Waals surface area contributed by atoms with Crippen molar-refractivity contribution in [1.82, 2.24) is 0 Å². The first-order valence-corrected chi connectivity index (χ1v) is 6.46. The molecule has 0 atom stereocenters. The fourth-order valence-corrected chi connectivity index (χ4v) is 2.16. The van der Waals surface area contributed by atoms with E-state index in [2.05, 4.69) is 0 Å².